The zero-order valence-corrected chi connectivity index (χ0v) is 21.5. The second-order valence-corrected chi connectivity index (χ2v) is 9.54. The number of hydrogen-bond donors (Lipinski definition) is 3. The number of ether oxygens (including phenoxy) is 1. The third-order valence-electron chi connectivity index (χ3n) is 6.72. The van der Waals surface area contributed by atoms with Crippen LogP contribution in [0.15, 0.2) is 72.8 Å². The molecule has 0 spiro atoms. The van der Waals surface area contributed by atoms with Crippen LogP contribution in [-0.2, 0) is 6.54 Å². The number of rotatable bonds is 7. The quantitative estimate of drug-likeness (QED) is 0.264. The van der Waals surface area contributed by atoms with Gasteiger partial charge in [0.15, 0.2) is 0 Å². The third-order valence-corrected chi connectivity index (χ3v) is 7.09. The van der Waals surface area contributed by atoms with E-state index in [9.17, 15) is 14.7 Å². The summed E-state index contributed by atoms with van der Waals surface area (Å²) in [5, 5.41) is 21.6. The van der Waals surface area contributed by atoms with Crippen molar-refractivity contribution in [2.75, 3.05) is 12.4 Å². The van der Waals surface area contributed by atoms with E-state index in [-0.39, 0.29) is 30.2 Å². The molecule has 9 heteroatoms. The number of halogens is 1. The van der Waals surface area contributed by atoms with Gasteiger partial charge in [0.05, 0.1) is 24.1 Å². The number of phenols is 1. The number of phenolic OH excluding ortho intramolecular Hbond substituents is 1. The fraction of sp³-hybridized carbons (Fsp3) is 0.207. The Hall–Kier alpha value is -4.30. The van der Waals surface area contributed by atoms with Crippen molar-refractivity contribution in [2.45, 2.75) is 31.7 Å². The highest BCUT2D eigenvalue weighted by Crippen LogP contribution is 2.39. The molecular weight excluding hydrogens is 504 g/mol. The van der Waals surface area contributed by atoms with Gasteiger partial charge < -0.3 is 20.5 Å². The first kappa shape index (κ1) is 25.4. The first-order valence-electron chi connectivity index (χ1n) is 12.3. The molecule has 3 aromatic carbocycles. The highest BCUT2D eigenvalue weighted by molar-refractivity contribution is 6.31. The minimum atomic E-state index is -0.363. The molecule has 3 N–H and O–H groups in total. The highest BCUT2D eigenvalue weighted by Gasteiger charge is 2.27. The van der Waals surface area contributed by atoms with E-state index in [2.05, 4.69) is 15.7 Å². The van der Waals surface area contributed by atoms with Crippen molar-refractivity contribution in [2.24, 2.45) is 0 Å². The molecule has 1 heterocycles. The number of para-hydroxylation sites is 1. The number of aromatic nitrogens is 2. The minimum absolute atomic E-state index is 0.0656. The molecule has 1 fully saturated rings. The summed E-state index contributed by atoms with van der Waals surface area (Å²) in [6.07, 6.45) is 3.05. The number of hydrogen-bond acceptors (Lipinski definition) is 5. The van der Waals surface area contributed by atoms with E-state index in [1.54, 1.807) is 42.5 Å². The summed E-state index contributed by atoms with van der Waals surface area (Å²) < 4.78 is 6.64. The van der Waals surface area contributed by atoms with Gasteiger partial charge in [-0.15, -0.1) is 0 Å². The van der Waals surface area contributed by atoms with Crippen LogP contribution in [0.25, 0.3) is 11.3 Å². The SMILES string of the molecule is COc1ccccc1C(=O)Nc1ccc(-c2cc(C3CCC3)n(C(=O)NCc3ccccc3Cl)n2)c(O)c1. The van der Waals surface area contributed by atoms with Gasteiger partial charge in [0, 0.05) is 34.8 Å². The van der Waals surface area contributed by atoms with Gasteiger partial charge in [0.1, 0.15) is 11.5 Å². The molecule has 5 rings (SSSR count). The van der Waals surface area contributed by atoms with Crippen LogP contribution in [0.2, 0.25) is 5.02 Å². The van der Waals surface area contributed by atoms with Crippen LogP contribution in [-0.4, -0.2) is 33.9 Å². The molecule has 1 aliphatic rings. The topological polar surface area (TPSA) is 105 Å². The fourth-order valence-corrected chi connectivity index (χ4v) is 4.63. The van der Waals surface area contributed by atoms with E-state index in [4.69, 9.17) is 16.3 Å². The number of nitrogens with one attached hydrogen (secondary N) is 2. The summed E-state index contributed by atoms with van der Waals surface area (Å²) in [5.41, 5.74) is 3.33. The predicted molar refractivity (Wildman–Crippen MR) is 146 cm³/mol. The van der Waals surface area contributed by atoms with E-state index < -0.39 is 0 Å². The second-order valence-electron chi connectivity index (χ2n) is 9.13. The maximum Gasteiger partial charge on any atom is 0.342 e. The van der Waals surface area contributed by atoms with Crippen molar-refractivity contribution in [3.63, 3.8) is 0 Å². The summed E-state index contributed by atoms with van der Waals surface area (Å²) in [7, 11) is 1.50. The molecule has 4 aromatic rings. The molecule has 0 saturated heterocycles. The fourth-order valence-electron chi connectivity index (χ4n) is 4.43. The first-order valence-corrected chi connectivity index (χ1v) is 12.7. The first-order chi connectivity index (χ1) is 18.4. The number of aromatic hydroxyl groups is 1. The van der Waals surface area contributed by atoms with Crippen LogP contribution in [0.5, 0.6) is 11.5 Å². The van der Waals surface area contributed by atoms with Crippen LogP contribution in [0.1, 0.15) is 46.8 Å². The lowest BCUT2D eigenvalue weighted by Crippen LogP contribution is -2.31. The van der Waals surface area contributed by atoms with E-state index in [0.29, 0.717) is 33.3 Å². The Morgan fingerprint density at radius 1 is 1.08 bits per heavy atom. The Balaban J connectivity index is 1.37. The molecule has 8 nitrogen and oxygen atoms in total. The molecule has 194 valence electrons. The molecule has 1 aliphatic carbocycles. The van der Waals surface area contributed by atoms with Gasteiger partial charge in [0.25, 0.3) is 5.91 Å². The Kier molecular flexibility index (Phi) is 7.33. The van der Waals surface area contributed by atoms with E-state index in [1.165, 1.54) is 17.9 Å². The van der Waals surface area contributed by atoms with Gasteiger partial charge in [-0.2, -0.15) is 9.78 Å². The Morgan fingerprint density at radius 2 is 1.84 bits per heavy atom. The normalized spacial score (nSPS) is 13.0. The van der Waals surface area contributed by atoms with Crippen molar-refractivity contribution in [3.05, 3.63) is 94.6 Å². The number of anilines is 1. The molecule has 0 bridgehead atoms. The molecule has 1 aromatic heterocycles. The molecule has 0 atom stereocenters. The Bertz CT molecular complexity index is 1500. The van der Waals surface area contributed by atoms with Crippen molar-refractivity contribution in [1.82, 2.24) is 15.1 Å². The lowest BCUT2D eigenvalue weighted by Gasteiger charge is -2.25. The van der Waals surface area contributed by atoms with Crippen LogP contribution < -0.4 is 15.4 Å². The zero-order valence-electron chi connectivity index (χ0n) is 20.8. The maximum absolute atomic E-state index is 13.1. The molecule has 0 radical (unpaired) electrons. The molecular formula is C29H27ClN4O4. The van der Waals surface area contributed by atoms with Gasteiger partial charge in [-0.05, 0) is 54.8 Å². The summed E-state index contributed by atoms with van der Waals surface area (Å²) in [6.45, 7) is 0.268. The van der Waals surface area contributed by atoms with Crippen molar-refractivity contribution in [3.8, 4) is 22.8 Å². The van der Waals surface area contributed by atoms with Gasteiger partial charge in [-0.1, -0.05) is 48.4 Å². The Morgan fingerprint density at radius 3 is 2.55 bits per heavy atom. The van der Waals surface area contributed by atoms with Gasteiger partial charge in [-0.3, -0.25) is 4.79 Å². The number of methoxy groups -OCH3 is 1. The highest BCUT2D eigenvalue weighted by atomic mass is 35.5. The average Bonchev–Trinajstić information content (AvgIpc) is 3.31. The van der Waals surface area contributed by atoms with Crippen molar-refractivity contribution < 1.29 is 19.4 Å². The van der Waals surface area contributed by atoms with Gasteiger partial charge >= 0.3 is 6.03 Å². The lowest BCUT2D eigenvalue weighted by atomic mass is 9.82. The summed E-state index contributed by atoms with van der Waals surface area (Å²) in [6, 6.07) is 20.5. The van der Waals surface area contributed by atoms with Crippen LogP contribution in [0.4, 0.5) is 10.5 Å². The standard InChI is InChI=1S/C29H27ClN4O4/c1-38-27-12-5-3-10-22(27)28(36)32-20-13-14-21(26(35)15-20)24-16-25(18-8-6-9-18)34(33-24)29(37)31-17-19-7-2-4-11-23(19)30/h2-5,7,10-16,18,35H,6,8-9,17H2,1H3,(H,31,37)(H,32,36). The van der Waals surface area contributed by atoms with Crippen LogP contribution in [0.3, 0.4) is 0 Å². The van der Waals surface area contributed by atoms with Crippen LogP contribution >= 0.6 is 11.6 Å². The molecule has 0 unspecified atom stereocenters. The Labute approximate surface area is 225 Å². The monoisotopic (exact) mass is 530 g/mol. The molecule has 2 amide bonds. The number of carbonyl (C=O) groups excluding carboxylic acids is 2. The molecule has 1 saturated carbocycles. The number of amides is 2. The van der Waals surface area contributed by atoms with E-state index in [0.717, 1.165) is 30.5 Å². The van der Waals surface area contributed by atoms with E-state index >= 15 is 0 Å². The predicted octanol–water partition coefficient (Wildman–Crippen LogP) is 6.20. The largest absolute Gasteiger partial charge is 0.507 e. The zero-order chi connectivity index (χ0) is 26.6. The number of benzene rings is 3. The van der Waals surface area contributed by atoms with Gasteiger partial charge in [0.2, 0.25) is 0 Å². The third kappa shape index (κ3) is 5.21. The summed E-state index contributed by atoms with van der Waals surface area (Å²) >= 11 is 6.23. The maximum atomic E-state index is 13.1. The average molecular weight is 531 g/mol. The minimum Gasteiger partial charge on any atom is -0.507 e. The number of carbonyl (C=O) groups is 2. The molecule has 0 aliphatic heterocycles. The van der Waals surface area contributed by atoms with Crippen molar-refractivity contribution >= 4 is 29.2 Å². The van der Waals surface area contributed by atoms with Gasteiger partial charge in [-0.25, -0.2) is 4.79 Å². The van der Waals surface area contributed by atoms with E-state index in [1.807, 2.05) is 24.3 Å². The molecule has 38 heavy (non-hydrogen) atoms. The smallest absolute Gasteiger partial charge is 0.342 e. The lowest BCUT2D eigenvalue weighted by molar-refractivity contribution is 0.102. The number of nitrogens with zero attached hydrogens (tertiary/aromatic N) is 2. The van der Waals surface area contributed by atoms with Crippen LogP contribution in [0, 0.1) is 0 Å². The summed E-state index contributed by atoms with van der Waals surface area (Å²) in [4.78, 5) is 25.9. The summed E-state index contributed by atoms with van der Waals surface area (Å²) in [5.74, 6) is 0.252. The van der Waals surface area contributed by atoms with Crippen molar-refractivity contribution in [1.29, 1.82) is 0 Å². The second kappa shape index (κ2) is 11.0.